The summed E-state index contributed by atoms with van der Waals surface area (Å²) in [4.78, 5) is 7.00. The van der Waals surface area contributed by atoms with E-state index in [2.05, 4.69) is 22.1 Å². The zero-order valence-corrected chi connectivity index (χ0v) is 18.2. The molecule has 0 radical (unpaired) electrons. The fourth-order valence-electron chi connectivity index (χ4n) is 3.20. The maximum atomic E-state index is 6.09. The first-order valence-corrected chi connectivity index (χ1v) is 9.67. The van der Waals surface area contributed by atoms with Crippen LogP contribution < -0.4 is 5.32 Å². The third-order valence-corrected chi connectivity index (χ3v) is 4.57. The van der Waals surface area contributed by atoms with Gasteiger partial charge in [-0.25, -0.2) is 0 Å². The average molecular weight is 469 g/mol. The maximum absolute atomic E-state index is 6.09. The van der Waals surface area contributed by atoms with Gasteiger partial charge in [-0.2, -0.15) is 0 Å². The Balaban J connectivity index is 0.00000312. The van der Waals surface area contributed by atoms with Crippen LogP contribution in [-0.4, -0.2) is 75.7 Å². The van der Waals surface area contributed by atoms with Gasteiger partial charge >= 0.3 is 0 Å². The van der Waals surface area contributed by atoms with Crippen molar-refractivity contribution in [3.05, 3.63) is 0 Å². The number of nitrogens with zero attached hydrogens (tertiary/aromatic N) is 2. The molecule has 1 N–H and O–H groups in total. The van der Waals surface area contributed by atoms with Crippen molar-refractivity contribution < 1.29 is 14.2 Å². The minimum Gasteiger partial charge on any atom is -0.380 e. The van der Waals surface area contributed by atoms with Crippen molar-refractivity contribution in [2.24, 2.45) is 4.99 Å². The van der Waals surface area contributed by atoms with Crippen molar-refractivity contribution >= 4 is 29.9 Å². The zero-order chi connectivity index (χ0) is 17.0. The van der Waals surface area contributed by atoms with E-state index in [-0.39, 0.29) is 24.0 Å². The van der Waals surface area contributed by atoms with E-state index in [1.807, 2.05) is 6.92 Å². The molecule has 6 nitrogen and oxygen atoms in total. The highest BCUT2D eigenvalue weighted by atomic mass is 127. The first-order chi connectivity index (χ1) is 11.8. The second kappa shape index (κ2) is 14.0. The number of hydrogen-bond acceptors (Lipinski definition) is 4. The number of ether oxygens (including phenoxy) is 3. The van der Waals surface area contributed by atoms with Crippen molar-refractivity contribution in [2.75, 3.05) is 52.6 Å². The molecule has 0 aromatic rings. The van der Waals surface area contributed by atoms with Crippen molar-refractivity contribution in [1.29, 1.82) is 0 Å². The SMILES string of the molecule is CCNC(=NCCOCC)N1CCC(OCC2CCCCO2)CC1.I. The van der Waals surface area contributed by atoms with Gasteiger partial charge in [0.1, 0.15) is 0 Å². The lowest BCUT2D eigenvalue weighted by Gasteiger charge is -2.35. The molecule has 0 aliphatic carbocycles. The maximum Gasteiger partial charge on any atom is 0.193 e. The van der Waals surface area contributed by atoms with Gasteiger partial charge in [0.25, 0.3) is 0 Å². The highest BCUT2D eigenvalue weighted by Crippen LogP contribution is 2.17. The van der Waals surface area contributed by atoms with Crippen LogP contribution >= 0.6 is 24.0 Å². The van der Waals surface area contributed by atoms with E-state index in [4.69, 9.17) is 14.2 Å². The summed E-state index contributed by atoms with van der Waals surface area (Å²) in [5.74, 6) is 1.01. The van der Waals surface area contributed by atoms with Crippen LogP contribution in [0.3, 0.4) is 0 Å². The number of nitrogens with one attached hydrogen (secondary N) is 1. The summed E-state index contributed by atoms with van der Waals surface area (Å²) in [5.41, 5.74) is 0. The second-order valence-corrected chi connectivity index (χ2v) is 6.44. The summed E-state index contributed by atoms with van der Waals surface area (Å²) in [6.07, 6.45) is 6.41. The minimum atomic E-state index is 0. The van der Waals surface area contributed by atoms with E-state index in [0.29, 0.717) is 25.4 Å². The van der Waals surface area contributed by atoms with Crippen molar-refractivity contribution in [2.45, 2.75) is 58.2 Å². The fraction of sp³-hybridized carbons (Fsp3) is 0.944. The Morgan fingerprint density at radius 3 is 2.64 bits per heavy atom. The Kier molecular flexibility index (Phi) is 12.8. The van der Waals surface area contributed by atoms with Crippen LogP contribution in [0.5, 0.6) is 0 Å². The van der Waals surface area contributed by atoms with Gasteiger partial charge in [-0.15, -0.1) is 24.0 Å². The molecule has 2 saturated heterocycles. The molecule has 2 heterocycles. The zero-order valence-electron chi connectivity index (χ0n) is 15.9. The summed E-state index contributed by atoms with van der Waals surface area (Å²) in [6.45, 7) is 10.8. The number of likely N-dealkylation sites (tertiary alicyclic amines) is 1. The number of aliphatic imine (C=N–C) groups is 1. The summed E-state index contributed by atoms with van der Waals surface area (Å²) >= 11 is 0. The lowest BCUT2D eigenvalue weighted by molar-refractivity contribution is -0.0721. The van der Waals surface area contributed by atoms with Gasteiger partial charge in [0, 0.05) is 32.8 Å². The Morgan fingerprint density at radius 2 is 2.00 bits per heavy atom. The van der Waals surface area contributed by atoms with Gasteiger partial charge in [0.2, 0.25) is 0 Å². The second-order valence-electron chi connectivity index (χ2n) is 6.44. The van der Waals surface area contributed by atoms with Crippen LogP contribution in [0, 0.1) is 0 Å². The van der Waals surface area contributed by atoms with Crippen molar-refractivity contribution in [3.8, 4) is 0 Å². The van der Waals surface area contributed by atoms with Gasteiger partial charge in [-0.05, 0) is 46.0 Å². The van der Waals surface area contributed by atoms with Gasteiger partial charge in [0.05, 0.1) is 32.0 Å². The molecule has 1 atom stereocenters. The molecule has 0 aromatic carbocycles. The molecular weight excluding hydrogens is 433 g/mol. The molecule has 0 aromatic heterocycles. The number of piperidine rings is 1. The molecule has 2 rings (SSSR count). The van der Waals surface area contributed by atoms with Crippen LogP contribution in [0.2, 0.25) is 0 Å². The Hall–Kier alpha value is -0.120. The Morgan fingerprint density at radius 1 is 1.20 bits per heavy atom. The molecule has 0 amide bonds. The predicted molar refractivity (Wildman–Crippen MR) is 112 cm³/mol. The molecule has 2 aliphatic rings. The Labute approximate surface area is 170 Å². The third-order valence-electron chi connectivity index (χ3n) is 4.57. The van der Waals surface area contributed by atoms with E-state index in [9.17, 15) is 0 Å². The number of hydrogen-bond donors (Lipinski definition) is 1. The lowest BCUT2D eigenvalue weighted by atomic mass is 10.1. The normalized spacial score (nSPS) is 22.6. The molecule has 0 bridgehead atoms. The van der Waals surface area contributed by atoms with Gasteiger partial charge in [-0.3, -0.25) is 4.99 Å². The molecule has 2 aliphatic heterocycles. The van der Waals surface area contributed by atoms with Crippen LogP contribution in [-0.2, 0) is 14.2 Å². The topological polar surface area (TPSA) is 55.3 Å². The monoisotopic (exact) mass is 469 g/mol. The van der Waals surface area contributed by atoms with E-state index >= 15 is 0 Å². The van der Waals surface area contributed by atoms with E-state index in [0.717, 1.165) is 64.7 Å². The van der Waals surface area contributed by atoms with Crippen LogP contribution in [0.15, 0.2) is 4.99 Å². The predicted octanol–water partition coefficient (Wildman–Crippen LogP) is 2.66. The number of halogens is 1. The largest absolute Gasteiger partial charge is 0.380 e. The third kappa shape index (κ3) is 8.88. The molecule has 2 fully saturated rings. The number of guanidine groups is 1. The summed E-state index contributed by atoms with van der Waals surface area (Å²) in [6, 6.07) is 0. The first kappa shape index (κ1) is 22.9. The highest BCUT2D eigenvalue weighted by molar-refractivity contribution is 14.0. The lowest BCUT2D eigenvalue weighted by Crippen LogP contribution is -2.47. The molecule has 0 saturated carbocycles. The molecule has 1 unspecified atom stereocenters. The quantitative estimate of drug-likeness (QED) is 0.257. The molecule has 7 heteroatoms. The Bertz CT molecular complexity index is 357. The molecule has 25 heavy (non-hydrogen) atoms. The summed E-state index contributed by atoms with van der Waals surface area (Å²) < 4.78 is 17.2. The summed E-state index contributed by atoms with van der Waals surface area (Å²) in [7, 11) is 0. The van der Waals surface area contributed by atoms with E-state index < -0.39 is 0 Å². The van der Waals surface area contributed by atoms with Crippen LogP contribution in [0.25, 0.3) is 0 Å². The van der Waals surface area contributed by atoms with Crippen LogP contribution in [0.4, 0.5) is 0 Å². The number of rotatable bonds is 8. The minimum absolute atomic E-state index is 0. The van der Waals surface area contributed by atoms with Gasteiger partial charge < -0.3 is 24.4 Å². The van der Waals surface area contributed by atoms with Gasteiger partial charge in [0.15, 0.2) is 5.96 Å². The standard InChI is InChI=1S/C18H35N3O3.HI/c1-3-19-18(20-10-14-22-4-2)21-11-8-16(9-12-21)24-15-17-7-5-6-13-23-17;/h16-17H,3-15H2,1-2H3,(H,19,20);1H. The smallest absolute Gasteiger partial charge is 0.193 e. The fourth-order valence-corrected chi connectivity index (χ4v) is 3.20. The first-order valence-electron chi connectivity index (χ1n) is 9.67. The molecular formula is C18H36IN3O3. The van der Waals surface area contributed by atoms with E-state index in [1.165, 1.54) is 12.8 Å². The summed E-state index contributed by atoms with van der Waals surface area (Å²) in [5, 5.41) is 3.39. The van der Waals surface area contributed by atoms with Crippen molar-refractivity contribution in [1.82, 2.24) is 10.2 Å². The average Bonchev–Trinajstić information content (AvgIpc) is 2.64. The van der Waals surface area contributed by atoms with E-state index in [1.54, 1.807) is 0 Å². The molecule has 0 spiro atoms. The van der Waals surface area contributed by atoms with Crippen LogP contribution in [0.1, 0.15) is 46.0 Å². The highest BCUT2D eigenvalue weighted by Gasteiger charge is 2.23. The van der Waals surface area contributed by atoms with Gasteiger partial charge in [-0.1, -0.05) is 0 Å². The molecule has 148 valence electrons. The van der Waals surface area contributed by atoms with Crippen molar-refractivity contribution in [3.63, 3.8) is 0 Å².